The molecule has 9 heteroatoms. The number of benzene rings is 3. The fraction of sp³-hybridized carbons (Fsp3) is 0.333. The maximum Gasteiger partial charge on any atom is 0.324 e. The molecule has 1 atom stereocenters. The van der Waals surface area contributed by atoms with Crippen LogP contribution in [0.25, 0.3) is 5.69 Å². The average molecular weight is 586 g/mol. The van der Waals surface area contributed by atoms with Gasteiger partial charge in [-0.25, -0.2) is 17.9 Å². The number of hydrogen-bond donors (Lipinski definition) is 3. The van der Waals surface area contributed by atoms with Crippen molar-refractivity contribution >= 4 is 27.4 Å². The highest BCUT2D eigenvalue weighted by atomic mass is 32.2. The first-order valence-corrected chi connectivity index (χ1v) is 15.9. The number of amides is 2. The molecule has 3 N–H and O–H groups in total. The number of piperidine rings is 1. The Balaban J connectivity index is 1.42. The minimum absolute atomic E-state index is 0.0415. The molecule has 1 aliphatic rings. The number of aryl methyl sites for hydroxylation is 1. The van der Waals surface area contributed by atoms with Crippen LogP contribution < -0.4 is 16.0 Å². The second-order valence-electron chi connectivity index (χ2n) is 12.0. The summed E-state index contributed by atoms with van der Waals surface area (Å²) in [5.41, 5.74) is 3.78. The molecule has 4 aromatic rings. The first-order valence-electron chi connectivity index (χ1n) is 14.4. The van der Waals surface area contributed by atoms with Gasteiger partial charge in [-0.1, -0.05) is 68.8 Å². The van der Waals surface area contributed by atoms with E-state index in [2.05, 4.69) is 36.7 Å². The Morgan fingerprint density at radius 1 is 0.929 bits per heavy atom. The quantitative estimate of drug-likeness (QED) is 0.226. The van der Waals surface area contributed by atoms with E-state index >= 15 is 0 Å². The third-order valence-corrected chi connectivity index (χ3v) is 9.94. The van der Waals surface area contributed by atoms with Crippen molar-refractivity contribution in [1.82, 2.24) is 15.1 Å². The number of nitrogens with one attached hydrogen (secondary N) is 3. The second kappa shape index (κ2) is 12.1. The van der Waals surface area contributed by atoms with E-state index in [1.165, 1.54) is 0 Å². The topological polar surface area (TPSA) is 105 Å². The van der Waals surface area contributed by atoms with Crippen molar-refractivity contribution in [2.45, 2.75) is 56.1 Å². The lowest BCUT2D eigenvalue weighted by atomic mass is 9.90. The Kier molecular flexibility index (Phi) is 8.52. The van der Waals surface area contributed by atoms with Crippen LogP contribution >= 0.6 is 0 Å². The molecule has 1 fully saturated rings. The van der Waals surface area contributed by atoms with Gasteiger partial charge in [0.15, 0.2) is 9.84 Å². The minimum atomic E-state index is -3.67. The van der Waals surface area contributed by atoms with E-state index in [0.717, 1.165) is 42.9 Å². The van der Waals surface area contributed by atoms with Gasteiger partial charge < -0.3 is 10.6 Å². The summed E-state index contributed by atoms with van der Waals surface area (Å²) >= 11 is 0. The van der Waals surface area contributed by atoms with Crippen LogP contribution in [-0.2, 0) is 15.3 Å². The van der Waals surface area contributed by atoms with Gasteiger partial charge in [0.05, 0.1) is 21.5 Å². The summed E-state index contributed by atoms with van der Waals surface area (Å²) in [7, 11) is -3.67. The summed E-state index contributed by atoms with van der Waals surface area (Å²) in [5, 5.41) is 13.3. The molecule has 0 bridgehead atoms. The Hall–Kier alpha value is -3.95. The molecule has 0 saturated carbocycles. The van der Waals surface area contributed by atoms with Crippen LogP contribution in [0.3, 0.4) is 0 Å². The van der Waals surface area contributed by atoms with E-state index in [9.17, 15) is 13.2 Å². The van der Waals surface area contributed by atoms with Crippen LogP contribution in [0.2, 0.25) is 0 Å². The lowest BCUT2D eigenvalue weighted by molar-refractivity contribution is 0.262. The van der Waals surface area contributed by atoms with E-state index in [1.807, 2.05) is 49.4 Å². The third-order valence-electron chi connectivity index (χ3n) is 7.69. The molecule has 42 heavy (non-hydrogen) atoms. The van der Waals surface area contributed by atoms with Crippen LogP contribution in [0.15, 0.2) is 89.8 Å². The highest BCUT2D eigenvalue weighted by Crippen LogP contribution is 2.40. The summed E-state index contributed by atoms with van der Waals surface area (Å²) in [6.07, 6.45) is 1.52. The average Bonchev–Trinajstić information content (AvgIpc) is 3.39. The fourth-order valence-electron chi connectivity index (χ4n) is 5.40. The van der Waals surface area contributed by atoms with E-state index < -0.39 is 21.1 Å². The third kappa shape index (κ3) is 6.58. The van der Waals surface area contributed by atoms with Crippen LogP contribution in [0.1, 0.15) is 55.7 Å². The maximum atomic E-state index is 14.0. The lowest BCUT2D eigenvalue weighted by Gasteiger charge is -2.31. The van der Waals surface area contributed by atoms with Gasteiger partial charge >= 0.3 is 6.03 Å². The number of aromatic nitrogens is 2. The van der Waals surface area contributed by atoms with Crippen molar-refractivity contribution in [3.63, 3.8) is 0 Å². The van der Waals surface area contributed by atoms with Crippen molar-refractivity contribution in [3.05, 3.63) is 102 Å². The number of carbonyl (C=O) groups is 1. The zero-order valence-electron chi connectivity index (χ0n) is 24.6. The number of nitrogens with zero attached hydrogens (tertiary/aromatic N) is 2. The van der Waals surface area contributed by atoms with Crippen molar-refractivity contribution in [1.29, 1.82) is 0 Å². The van der Waals surface area contributed by atoms with Crippen molar-refractivity contribution in [3.8, 4) is 5.69 Å². The molecule has 0 radical (unpaired) electrons. The van der Waals surface area contributed by atoms with Crippen LogP contribution in [0.4, 0.5) is 16.3 Å². The van der Waals surface area contributed by atoms with Gasteiger partial charge in [0.2, 0.25) is 0 Å². The van der Waals surface area contributed by atoms with Crippen LogP contribution in [-0.4, -0.2) is 37.3 Å². The molecule has 220 valence electrons. The Morgan fingerprint density at radius 3 is 2.29 bits per heavy atom. The van der Waals surface area contributed by atoms with E-state index in [0.29, 0.717) is 22.0 Å². The highest BCUT2D eigenvalue weighted by molar-refractivity contribution is 7.91. The molecule has 5 rings (SSSR count). The predicted molar refractivity (Wildman–Crippen MR) is 168 cm³/mol. The molecule has 1 aliphatic heterocycles. The number of urea groups is 1. The van der Waals surface area contributed by atoms with Gasteiger partial charge in [0, 0.05) is 17.2 Å². The van der Waals surface area contributed by atoms with Crippen LogP contribution in [0, 0.1) is 12.8 Å². The molecule has 1 saturated heterocycles. The number of anilines is 2. The predicted octanol–water partition coefficient (Wildman–Crippen LogP) is 6.64. The lowest BCUT2D eigenvalue weighted by Crippen LogP contribution is -2.33. The molecular weight excluding hydrogens is 546 g/mol. The number of rotatable bonds is 7. The highest BCUT2D eigenvalue weighted by Gasteiger charge is 2.36. The summed E-state index contributed by atoms with van der Waals surface area (Å²) in [4.78, 5) is 13.6. The number of carbonyl (C=O) groups excluding carboxylic acids is 1. The van der Waals surface area contributed by atoms with Crippen molar-refractivity contribution < 1.29 is 13.2 Å². The monoisotopic (exact) mass is 585 g/mol. The molecule has 8 nitrogen and oxygen atoms in total. The normalized spacial score (nSPS) is 15.2. The Labute approximate surface area is 248 Å². The van der Waals surface area contributed by atoms with E-state index in [4.69, 9.17) is 5.10 Å². The first-order chi connectivity index (χ1) is 20.0. The molecule has 2 heterocycles. The van der Waals surface area contributed by atoms with Crippen LogP contribution in [0.5, 0.6) is 0 Å². The summed E-state index contributed by atoms with van der Waals surface area (Å²) in [5.74, 6) is 0.497. The van der Waals surface area contributed by atoms with E-state index in [-0.39, 0.29) is 11.3 Å². The number of sulfone groups is 1. The van der Waals surface area contributed by atoms with E-state index in [1.54, 1.807) is 47.1 Å². The Morgan fingerprint density at radius 2 is 1.62 bits per heavy atom. The zero-order valence-corrected chi connectivity index (χ0v) is 25.4. The summed E-state index contributed by atoms with van der Waals surface area (Å²) < 4.78 is 29.6. The molecule has 1 aromatic heterocycles. The van der Waals surface area contributed by atoms with Gasteiger partial charge in [-0.15, -0.1) is 0 Å². The Bertz CT molecular complexity index is 1640. The molecular formula is C33H39N5O3S. The zero-order chi connectivity index (χ0) is 29.9. The largest absolute Gasteiger partial charge is 0.324 e. The molecule has 2 amide bonds. The van der Waals surface area contributed by atoms with Gasteiger partial charge in [-0.2, -0.15) is 5.10 Å². The SMILES string of the molecule is Cc1ccc(-n2nc(C(C)(C)C)cc2NC(=O)Nc2cccc(C(C3CCNCC3)S(=O)(=O)c3ccccc3)c2)cc1. The van der Waals surface area contributed by atoms with Crippen molar-refractivity contribution in [2.24, 2.45) is 5.92 Å². The molecule has 3 aromatic carbocycles. The smallest absolute Gasteiger partial charge is 0.317 e. The molecule has 0 spiro atoms. The molecule has 1 unspecified atom stereocenters. The first kappa shape index (κ1) is 29.5. The van der Waals surface area contributed by atoms with Gasteiger partial charge in [-0.05, 0) is 80.7 Å². The van der Waals surface area contributed by atoms with Gasteiger partial charge in [0.25, 0.3) is 0 Å². The second-order valence-corrected chi connectivity index (χ2v) is 14.1. The minimum Gasteiger partial charge on any atom is -0.317 e. The van der Waals surface area contributed by atoms with Gasteiger partial charge in [-0.3, -0.25) is 5.32 Å². The maximum absolute atomic E-state index is 14.0. The summed E-state index contributed by atoms with van der Waals surface area (Å²) in [6, 6.07) is 25.2. The van der Waals surface area contributed by atoms with Gasteiger partial charge in [0.1, 0.15) is 5.82 Å². The molecule has 0 aliphatic carbocycles. The summed E-state index contributed by atoms with van der Waals surface area (Å²) in [6.45, 7) is 9.80. The number of hydrogen-bond acceptors (Lipinski definition) is 5. The standard InChI is InChI=1S/C33H39N5O3S/c1-23-13-15-27(16-14-23)38-30(22-29(37-38)33(2,3)4)36-32(39)35-26-10-8-9-25(21-26)31(24-17-19-34-20-18-24)42(40,41)28-11-6-5-7-12-28/h5-16,21-22,24,31,34H,17-20H2,1-4H3,(H2,35,36,39). The fourth-order valence-corrected chi connectivity index (χ4v) is 7.51. The van der Waals surface area contributed by atoms with Crippen molar-refractivity contribution in [2.75, 3.05) is 23.7 Å².